The third-order valence-electron chi connectivity index (χ3n) is 5.83. The molecule has 0 aliphatic carbocycles. The molecule has 1 aliphatic heterocycles. The van der Waals surface area contributed by atoms with E-state index in [1.807, 2.05) is 0 Å². The van der Waals surface area contributed by atoms with Gasteiger partial charge in [0.1, 0.15) is 0 Å². The molecule has 3 aromatic rings. The third kappa shape index (κ3) is 3.34. The fourth-order valence-corrected chi connectivity index (χ4v) is 8.49. The molecule has 1 heterocycles. The van der Waals surface area contributed by atoms with Crippen molar-refractivity contribution in [2.24, 2.45) is 0 Å². The summed E-state index contributed by atoms with van der Waals surface area (Å²) in [6.45, 7) is 5.40. The maximum Gasteiger partial charge on any atom is 0.186 e. The molecular weight excluding hydrogens is 375 g/mol. The Bertz CT molecular complexity index is 850. The van der Waals surface area contributed by atoms with Crippen molar-refractivity contribution in [1.29, 1.82) is 0 Å². The molecule has 29 heavy (non-hydrogen) atoms. The van der Waals surface area contributed by atoms with Crippen LogP contribution in [0.25, 0.3) is 0 Å². The van der Waals surface area contributed by atoms with Crippen molar-refractivity contribution >= 4 is 13.2 Å². The summed E-state index contributed by atoms with van der Waals surface area (Å²) in [5.41, 5.74) is 2.56. The highest BCUT2D eigenvalue weighted by molar-refractivity contribution is 7.67. The van der Waals surface area contributed by atoms with Gasteiger partial charge >= 0.3 is 0 Å². The standard InChI is InChI=1S/C26H29O2P/c1-3-27-25(28-4-2)20-21-29(24-18-12-7-13-19-24)26(25,22-14-8-5-9-15-22)23-16-10-6-11-17-23/h5-19H,3-4,20-21H2,1-2H3. The van der Waals surface area contributed by atoms with Gasteiger partial charge in [0.15, 0.2) is 5.79 Å². The molecule has 1 aliphatic rings. The molecule has 4 rings (SSSR count). The first-order valence-corrected chi connectivity index (χ1v) is 12.0. The van der Waals surface area contributed by atoms with Crippen LogP contribution in [0.5, 0.6) is 0 Å². The van der Waals surface area contributed by atoms with Gasteiger partial charge in [-0.15, -0.1) is 0 Å². The van der Waals surface area contributed by atoms with Gasteiger partial charge in [0, 0.05) is 19.6 Å². The van der Waals surface area contributed by atoms with Crippen LogP contribution in [-0.2, 0) is 14.6 Å². The summed E-state index contributed by atoms with van der Waals surface area (Å²) in [6.07, 6.45) is 1.96. The van der Waals surface area contributed by atoms with Gasteiger partial charge in [-0.3, -0.25) is 0 Å². The molecule has 0 amide bonds. The lowest BCUT2D eigenvalue weighted by molar-refractivity contribution is -0.246. The van der Waals surface area contributed by atoms with Crippen molar-refractivity contribution in [3.05, 3.63) is 102 Å². The molecule has 0 aromatic heterocycles. The Balaban J connectivity index is 2.06. The van der Waals surface area contributed by atoms with Crippen molar-refractivity contribution in [2.75, 3.05) is 19.4 Å². The van der Waals surface area contributed by atoms with Crippen LogP contribution in [0.3, 0.4) is 0 Å². The average Bonchev–Trinajstić information content (AvgIpc) is 3.11. The first-order chi connectivity index (χ1) is 14.3. The molecule has 1 unspecified atom stereocenters. The molecule has 3 heteroatoms. The van der Waals surface area contributed by atoms with Gasteiger partial charge in [0.2, 0.25) is 0 Å². The van der Waals surface area contributed by atoms with Crippen molar-refractivity contribution in [2.45, 2.75) is 31.2 Å². The second-order valence-electron chi connectivity index (χ2n) is 7.30. The lowest BCUT2D eigenvalue weighted by Crippen LogP contribution is -2.52. The van der Waals surface area contributed by atoms with E-state index in [-0.39, 0.29) is 5.16 Å². The second-order valence-corrected chi connectivity index (χ2v) is 9.79. The Morgan fingerprint density at radius 2 is 1.14 bits per heavy atom. The fraction of sp³-hybridized carbons (Fsp3) is 0.308. The number of rotatable bonds is 7. The van der Waals surface area contributed by atoms with Crippen molar-refractivity contribution < 1.29 is 9.47 Å². The van der Waals surface area contributed by atoms with Crippen molar-refractivity contribution in [3.8, 4) is 0 Å². The van der Waals surface area contributed by atoms with Gasteiger partial charge in [0.05, 0.1) is 5.16 Å². The normalized spacial score (nSPS) is 19.9. The monoisotopic (exact) mass is 404 g/mol. The van der Waals surface area contributed by atoms with Crippen LogP contribution < -0.4 is 5.30 Å². The van der Waals surface area contributed by atoms with E-state index in [2.05, 4.69) is 105 Å². The van der Waals surface area contributed by atoms with Gasteiger partial charge in [-0.25, -0.2) is 0 Å². The Morgan fingerprint density at radius 3 is 1.59 bits per heavy atom. The maximum absolute atomic E-state index is 6.60. The van der Waals surface area contributed by atoms with Crippen molar-refractivity contribution in [3.63, 3.8) is 0 Å². The Labute approximate surface area is 175 Å². The molecule has 0 radical (unpaired) electrons. The van der Waals surface area contributed by atoms with Crippen molar-refractivity contribution in [1.82, 2.24) is 0 Å². The molecule has 1 saturated heterocycles. The lowest BCUT2D eigenvalue weighted by Gasteiger charge is -2.48. The van der Waals surface area contributed by atoms with Gasteiger partial charge < -0.3 is 9.47 Å². The Kier molecular flexibility index (Phi) is 6.15. The number of benzene rings is 3. The van der Waals surface area contributed by atoms with E-state index in [0.717, 1.165) is 12.6 Å². The molecule has 1 fully saturated rings. The van der Waals surface area contributed by atoms with Crippen LogP contribution in [-0.4, -0.2) is 25.2 Å². The number of hydrogen-bond donors (Lipinski definition) is 0. The first-order valence-electron chi connectivity index (χ1n) is 10.5. The van der Waals surface area contributed by atoms with E-state index in [0.29, 0.717) is 13.2 Å². The fourth-order valence-electron chi connectivity index (χ4n) is 4.88. The van der Waals surface area contributed by atoms with E-state index in [4.69, 9.17) is 9.47 Å². The van der Waals surface area contributed by atoms with E-state index in [1.54, 1.807) is 0 Å². The zero-order valence-electron chi connectivity index (χ0n) is 17.3. The minimum absolute atomic E-state index is 0.363. The SMILES string of the molecule is CCOC1(OCC)CCP(c2ccccc2)C1(c1ccccc1)c1ccccc1. The number of ether oxygens (including phenoxy) is 2. The lowest BCUT2D eigenvalue weighted by atomic mass is 9.81. The average molecular weight is 404 g/mol. The molecule has 1 atom stereocenters. The summed E-state index contributed by atoms with van der Waals surface area (Å²) in [4.78, 5) is 0. The summed E-state index contributed by atoms with van der Waals surface area (Å²) in [5.74, 6) is -0.680. The highest BCUT2D eigenvalue weighted by Crippen LogP contribution is 2.71. The summed E-state index contributed by atoms with van der Waals surface area (Å²) in [6, 6.07) is 32.7. The van der Waals surface area contributed by atoms with Gasteiger partial charge in [-0.1, -0.05) is 98.9 Å². The Hall–Kier alpha value is -1.99. The molecule has 0 saturated carbocycles. The van der Waals surface area contributed by atoms with E-state index < -0.39 is 13.7 Å². The molecule has 0 spiro atoms. The van der Waals surface area contributed by atoms with Gasteiger partial charge in [-0.2, -0.15) is 0 Å². The third-order valence-corrected chi connectivity index (χ3v) is 9.09. The van der Waals surface area contributed by atoms with E-state index in [9.17, 15) is 0 Å². The van der Waals surface area contributed by atoms with E-state index in [1.165, 1.54) is 16.4 Å². The number of hydrogen-bond acceptors (Lipinski definition) is 2. The zero-order valence-corrected chi connectivity index (χ0v) is 18.1. The highest BCUT2D eigenvalue weighted by atomic mass is 31.1. The molecule has 0 N–H and O–H groups in total. The quantitative estimate of drug-likeness (QED) is 0.360. The van der Waals surface area contributed by atoms with E-state index >= 15 is 0 Å². The summed E-state index contributed by atoms with van der Waals surface area (Å²) >= 11 is 0. The van der Waals surface area contributed by atoms with Crippen LogP contribution in [0.2, 0.25) is 0 Å². The van der Waals surface area contributed by atoms with Crippen LogP contribution in [0.15, 0.2) is 91.0 Å². The molecule has 2 nitrogen and oxygen atoms in total. The van der Waals surface area contributed by atoms with Gasteiger partial charge in [0.25, 0.3) is 0 Å². The van der Waals surface area contributed by atoms with Crippen LogP contribution in [0, 0.1) is 0 Å². The first kappa shape index (κ1) is 20.3. The van der Waals surface area contributed by atoms with Crippen LogP contribution in [0.4, 0.5) is 0 Å². The highest BCUT2D eigenvalue weighted by Gasteiger charge is 2.64. The predicted octanol–water partition coefficient (Wildman–Crippen LogP) is 5.91. The maximum atomic E-state index is 6.60. The van der Waals surface area contributed by atoms with Gasteiger partial charge in [-0.05, 0) is 36.4 Å². The Morgan fingerprint density at radius 1 is 0.690 bits per heavy atom. The predicted molar refractivity (Wildman–Crippen MR) is 122 cm³/mol. The largest absolute Gasteiger partial charge is 0.349 e. The summed E-state index contributed by atoms with van der Waals surface area (Å²) in [7, 11) is -0.601. The summed E-state index contributed by atoms with van der Waals surface area (Å²) < 4.78 is 13.2. The molecule has 3 aromatic carbocycles. The molecule has 0 bridgehead atoms. The smallest absolute Gasteiger partial charge is 0.186 e. The zero-order chi connectivity index (χ0) is 20.2. The summed E-state index contributed by atoms with van der Waals surface area (Å²) in [5, 5.41) is 1.04. The van der Waals surface area contributed by atoms with Crippen LogP contribution >= 0.6 is 7.92 Å². The minimum Gasteiger partial charge on any atom is -0.349 e. The second kappa shape index (κ2) is 8.79. The minimum atomic E-state index is -0.680. The molecule has 150 valence electrons. The van der Waals surface area contributed by atoms with Crippen LogP contribution in [0.1, 0.15) is 31.4 Å². The topological polar surface area (TPSA) is 18.5 Å². The molecular formula is C26H29O2P.